The smallest absolute Gasteiger partial charge is 0.0464 e. The summed E-state index contributed by atoms with van der Waals surface area (Å²) in [5.41, 5.74) is 13.4. The second-order valence-electron chi connectivity index (χ2n) is 8.02. The summed E-state index contributed by atoms with van der Waals surface area (Å²) in [4.78, 5) is 2.38. The van der Waals surface area contributed by atoms with Crippen LogP contribution < -0.4 is 4.90 Å². The lowest BCUT2D eigenvalue weighted by molar-refractivity contribution is 0.881. The molecule has 0 spiro atoms. The monoisotopic (exact) mass is 399 g/mol. The maximum atomic E-state index is 3.45. The first-order valence-electron chi connectivity index (χ1n) is 10.8. The van der Waals surface area contributed by atoms with Crippen LogP contribution in [0.5, 0.6) is 0 Å². The number of para-hydroxylation sites is 1. The Balaban J connectivity index is 1.53. The molecule has 2 aliphatic carbocycles. The number of hydrogen-bond acceptors (Lipinski definition) is 1. The Morgan fingerprint density at radius 2 is 1.55 bits per heavy atom. The Hall–Kier alpha value is -3.80. The molecule has 0 atom stereocenters. The van der Waals surface area contributed by atoms with Gasteiger partial charge >= 0.3 is 0 Å². The first-order chi connectivity index (χ1) is 15.3. The van der Waals surface area contributed by atoms with E-state index in [-0.39, 0.29) is 0 Å². The van der Waals surface area contributed by atoms with Crippen LogP contribution in [0, 0.1) is 6.92 Å². The fourth-order valence-corrected chi connectivity index (χ4v) is 4.20. The average molecular weight is 400 g/mol. The minimum atomic E-state index is 1.01. The molecule has 150 valence electrons. The van der Waals surface area contributed by atoms with Crippen LogP contribution in [-0.2, 0) is 6.42 Å². The van der Waals surface area contributed by atoms with Gasteiger partial charge < -0.3 is 4.90 Å². The molecule has 31 heavy (non-hydrogen) atoms. The summed E-state index contributed by atoms with van der Waals surface area (Å²) in [6, 6.07) is 28.0. The van der Waals surface area contributed by atoms with Crippen LogP contribution in [0.1, 0.15) is 28.7 Å². The van der Waals surface area contributed by atoms with Crippen LogP contribution >= 0.6 is 0 Å². The van der Waals surface area contributed by atoms with Crippen molar-refractivity contribution in [1.82, 2.24) is 0 Å². The van der Waals surface area contributed by atoms with Gasteiger partial charge in [-0.25, -0.2) is 0 Å². The van der Waals surface area contributed by atoms with E-state index in [9.17, 15) is 0 Å². The van der Waals surface area contributed by atoms with Gasteiger partial charge in [0.05, 0.1) is 0 Å². The van der Waals surface area contributed by atoms with E-state index in [1.54, 1.807) is 0 Å². The normalized spacial score (nSPS) is 14.8. The molecular weight excluding hydrogens is 374 g/mol. The molecule has 2 aliphatic rings. The molecule has 0 saturated carbocycles. The van der Waals surface area contributed by atoms with Crippen molar-refractivity contribution in [2.45, 2.75) is 19.8 Å². The average Bonchev–Trinajstić information content (AvgIpc) is 3.07. The Morgan fingerprint density at radius 3 is 2.39 bits per heavy atom. The van der Waals surface area contributed by atoms with Gasteiger partial charge in [0.15, 0.2) is 0 Å². The summed E-state index contributed by atoms with van der Waals surface area (Å²) in [6.07, 6.45) is 13.0. The van der Waals surface area contributed by atoms with E-state index < -0.39 is 0 Å². The van der Waals surface area contributed by atoms with Gasteiger partial charge in [-0.2, -0.15) is 0 Å². The van der Waals surface area contributed by atoms with E-state index in [4.69, 9.17) is 0 Å². The van der Waals surface area contributed by atoms with E-state index in [0.717, 1.165) is 24.1 Å². The molecule has 0 amide bonds. The highest BCUT2D eigenvalue weighted by Gasteiger charge is 2.19. The summed E-state index contributed by atoms with van der Waals surface area (Å²) in [5, 5.41) is 0. The van der Waals surface area contributed by atoms with Crippen LogP contribution in [0.3, 0.4) is 0 Å². The lowest BCUT2D eigenvalue weighted by Crippen LogP contribution is -2.23. The molecule has 3 aromatic carbocycles. The molecule has 0 aromatic heterocycles. The van der Waals surface area contributed by atoms with Crippen molar-refractivity contribution in [3.05, 3.63) is 143 Å². The van der Waals surface area contributed by atoms with Gasteiger partial charge in [-0.15, -0.1) is 5.73 Å². The molecule has 0 heterocycles. The van der Waals surface area contributed by atoms with E-state index in [2.05, 4.69) is 121 Å². The van der Waals surface area contributed by atoms with Crippen LogP contribution in [0.2, 0.25) is 0 Å². The molecule has 0 aliphatic heterocycles. The van der Waals surface area contributed by atoms with Gasteiger partial charge in [-0.1, -0.05) is 72.3 Å². The third-order valence-corrected chi connectivity index (χ3v) is 5.86. The zero-order chi connectivity index (χ0) is 21.0. The molecule has 0 saturated heterocycles. The first kappa shape index (κ1) is 19.2. The van der Waals surface area contributed by atoms with Crippen LogP contribution in [0.4, 0.5) is 5.69 Å². The Bertz CT molecular complexity index is 1250. The number of aryl methyl sites for hydroxylation is 2. The minimum absolute atomic E-state index is 1.01. The third kappa shape index (κ3) is 4.10. The lowest BCUT2D eigenvalue weighted by Gasteiger charge is -2.31. The number of rotatable bonds is 4. The van der Waals surface area contributed by atoms with E-state index in [1.165, 1.54) is 33.6 Å². The van der Waals surface area contributed by atoms with Gasteiger partial charge in [-0.3, -0.25) is 0 Å². The second-order valence-corrected chi connectivity index (χ2v) is 8.02. The maximum absolute atomic E-state index is 3.45. The number of nitrogens with zero attached hydrogens (tertiary/aromatic N) is 1. The van der Waals surface area contributed by atoms with Crippen LogP contribution in [0.25, 0.3) is 11.6 Å². The summed E-state index contributed by atoms with van der Waals surface area (Å²) in [7, 11) is 0. The molecule has 0 N–H and O–H groups in total. The Kier molecular flexibility index (Phi) is 5.27. The summed E-state index contributed by atoms with van der Waals surface area (Å²) < 4.78 is 0. The Morgan fingerprint density at radius 1 is 0.774 bits per heavy atom. The number of benzene rings is 3. The Labute approximate surface area is 184 Å². The van der Waals surface area contributed by atoms with Gasteiger partial charge in [0.2, 0.25) is 0 Å². The van der Waals surface area contributed by atoms with Crippen molar-refractivity contribution in [3.63, 3.8) is 0 Å². The SMILES string of the molecule is Cc1ccc(C2=C=CC=C(N(C3=Cc4ccccc4CC3)c3ccccc3)C=C2)cc1. The standard InChI is InChI=1S/C30H25N/c1-23-14-16-26(17-15-23)24-10-7-13-29(20-18-24)31(28-11-3-2-4-12-28)30-21-19-25-8-5-6-9-27(25)22-30/h2-9,11-18,20,22H,19,21H2,1H3. The molecule has 3 aromatic rings. The van der Waals surface area contributed by atoms with Crippen molar-refractivity contribution >= 4 is 17.3 Å². The molecule has 1 heteroatoms. The second kappa shape index (κ2) is 8.52. The summed E-state index contributed by atoms with van der Waals surface area (Å²) >= 11 is 0. The van der Waals surface area contributed by atoms with Gasteiger partial charge in [0.25, 0.3) is 0 Å². The van der Waals surface area contributed by atoms with Crippen LogP contribution in [-0.4, -0.2) is 0 Å². The topological polar surface area (TPSA) is 3.24 Å². The van der Waals surface area contributed by atoms with Crippen molar-refractivity contribution in [1.29, 1.82) is 0 Å². The molecule has 5 rings (SSSR count). The first-order valence-corrected chi connectivity index (χ1v) is 10.8. The van der Waals surface area contributed by atoms with E-state index in [1.807, 2.05) is 6.08 Å². The fraction of sp³-hybridized carbons (Fsp3) is 0.100. The van der Waals surface area contributed by atoms with Gasteiger partial charge in [0.1, 0.15) is 0 Å². The molecule has 0 unspecified atom stereocenters. The van der Waals surface area contributed by atoms with E-state index >= 15 is 0 Å². The van der Waals surface area contributed by atoms with Crippen molar-refractivity contribution in [2.75, 3.05) is 4.90 Å². The van der Waals surface area contributed by atoms with Crippen LogP contribution in [0.15, 0.2) is 120 Å². The molecule has 1 nitrogen and oxygen atoms in total. The molecule has 0 bridgehead atoms. The number of hydrogen-bond donors (Lipinski definition) is 0. The summed E-state index contributed by atoms with van der Waals surface area (Å²) in [6.45, 7) is 2.12. The fourth-order valence-electron chi connectivity index (χ4n) is 4.20. The largest absolute Gasteiger partial charge is 0.314 e. The van der Waals surface area contributed by atoms with Gasteiger partial charge in [-0.05, 0) is 79.0 Å². The minimum Gasteiger partial charge on any atom is -0.314 e. The van der Waals surface area contributed by atoms with Crippen molar-refractivity contribution in [2.24, 2.45) is 0 Å². The van der Waals surface area contributed by atoms with E-state index in [0.29, 0.717) is 0 Å². The highest BCUT2D eigenvalue weighted by atomic mass is 15.2. The number of fused-ring (bicyclic) bond motifs is 1. The highest BCUT2D eigenvalue weighted by Crippen LogP contribution is 2.33. The molecule has 0 fully saturated rings. The van der Waals surface area contributed by atoms with Crippen molar-refractivity contribution < 1.29 is 0 Å². The highest BCUT2D eigenvalue weighted by molar-refractivity contribution is 5.77. The molecule has 0 radical (unpaired) electrons. The van der Waals surface area contributed by atoms with Gasteiger partial charge in [0, 0.05) is 22.7 Å². The zero-order valence-electron chi connectivity index (χ0n) is 17.8. The van der Waals surface area contributed by atoms with Crippen molar-refractivity contribution in [3.8, 4) is 0 Å². The summed E-state index contributed by atoms with van der Waals surface area (Å²) in [5.74, 6) is 0. The lowest BCUT2D eigenvalue weighted by atomic mass is 9.94. The number of anilines is 1. The quantitative estimate of drug-likeness (QED) is 0.411. The predicted octanol–water partition coefficient (Wildman–Crippen LogP) is 7.48. The third-order valence-electron chi connectivity index (χ3n) is 5.86. The molecular formula is C30H25N. The predicted molar refractivity (Wildman–Crippen MR) is 132 cm³/mol. The number of allylic oxidation sites excluding steroid dienone is 5. The zero-order valence-corrected chi connectivity index (χ0v) is 17.8. The maximum Gasteiger partial charge on any atom is 0.0464 e.